The van der Waals surface area contributed by atoms with Gasteiger partial charge in [0.2, 0.25) is 0 Å². The third-order valence-corrected chi connectivity index (χ3v) is 3.01. The number of halogens is 7. The van der Waals surface area contributed by atoms with Crippen molar-refractivity contribution in [3.63, 3.8) is 0 Å². The molecule has 0 saturated carbocycles. The van der Waals surface area contributed by atoms with E-state index in [2.05, 4.69) is 5.10 Å². The van der Waals surface area contributed by atoms with Crippen molar-refractivity contribution in [3.8, 4) is 5.69 Å². The van der Waals surface area contributed by atoms with Gasteiger partial charge in [0.25, 0.3) is 6.08 Å². The molecule has 0 aliphatic rings. The van der Waals surface area contributed by atoms with Gasteiger partial charge >= 0.3 is 17.8 Å². The zero-order valence-corrected chi connectivity index (χ0v) is 13.6. The van der Waals surface area contributed by atoms with Gasteiger partial charge in [-0.3, -0.25) is 0 Å². The van der Waals surface area contributed by atoms with Crippen molar-refractivity contribution in [3.05, 3.63) is 58.3 Å². The Morgan fingerprint density at radius 3 is 2.18 bits per heavy atom. The first-order valence-corrected chi connectivity index (χ1v) is 7.01. The number of carbonyl (C=O) groups is 1. The summed E-state index contributed by atoms with van der Waals surface area (Å²) in [6.07, 6.45) is -6.04. The lowest BCUT2D eigenvalue weighted by molar-refractivity contribution is -0.192. The number of rotatable bonds is 4. The Morgan fingerprint density at radius 2 is 1.75 bits per heavy atom. The Balaban J connectivity index is 0.000000480. The van der Waals surface area contributed by atoms with Crippen LogP contribution in [-0.2, 0) is 11.3 Å². The van der Waals surface area contributed by atoms with Crippen LogP contribution in [0.5, 0.6) is 0 Å². The van der Waals surface area contributed by atoms with Crippen LogP contribution in [0.3, 0.4) is 0 Å². The predicted molar refractivity (Wildman–Crippen MR) is 79.7 cm³/mol. The van der Waals surface area contributed by atoms with Crippen molar-refractivity contribution in [1.82, 2.24) is 14.3 Å². The van der Waals surface area contributed by atoms with E-state index in [1.165, 1.54) is 6.07 Å². The maximum atomic E-state index is 13.1. The van der Waals surface area contributed by atoms with E-state index in [4.69, 9.17) is 15.6 Å². The summed E-state index contributed by atoms with van der Waals surface area (Å²) in [5, 5.41) is 10.8. The van der Waals surface area contributed by atoms with Crippen LogP contribution in [0.15, 0.2) is 41.0 Å². The van der Waals surface area contributed by atoms with E-state index in [1.54, 1.807) is 0 Å². The van der Waals surface area contributed by atoms with E-state index in [-0.39, 0.29) is 5.69 Å². The van der Waals surface area contributed by atoms with E-state index in [0.29, 0.717) is 0 Å². The van der Waals surface area contributed by atoms with Crippen LogP contribution in [0.25, 0.3) is 5.69 Å². The van der Waals surface area contributed by atoms with Crippen LogP contribution in [0.4, 0.5) is 30.7 Å². The number of aromatic nitrogens is 3. The highest BCUT2D eigenvalue weighted by molar-refractivity contribution is 5.73. The fraction of sp³-hybridized carbons (Fsp3) is 0.214. The number of aliphatic carboxylic acids is 1. The van der Waals surface area contributed by atoms with Crippen molar-refractivity contribution >= 4 is 5.97 Å². The lowest BCUT2D eigenvalue weighted by Crippen LogP contribution is -2.26. The monoisotopic (exact) mass is 416 g/mol. The largest absolute Gasteiger partial charge is 0.490 e. The van der Waals surface area contributed by atoms with Crippen molar-refractivity contribution in [2.45, 2.75) is 12.7 Å². The highest BCUT2D eigenvalue weighted by Crippen LogP contribution is 2.13. The molecule has 1 aromatic heterocycles. The van der Waals surface area contributed by atoms with Gasteiger partial charge in [0.05, 0.1) is 12.2 Å². The first-order valence-electron chi connectivity index (χ1n) is 7.01. The first-order chi connectivity index (χ1) is 12.9. The molecule has 1 aromatic carbocycles. The zero-order valence-electron chi connectivity index (χ0n) is 13.6. The summed E-state index contributed by atoms with van der Waals surface area (Å²) in [6.45, 7) is -0.902. The normalized spacial score (nSPS) is 10.9. The minimum Gasteiger partial charge on any atom is -0.475 e. The standard InChI is InChI=1S/C12H10F4N4O.C2HF3O2/c13-9-2-1-8(3-10(9)14)19-6-18-20(12(19)21)5-7(4-17)11(15)16;3-2(4,5)1(6)7/h1-3,6H,4-5,17H2;(H,6,7). The quantitative estimate of drug-likeness (QED) is 0.743. The van der Waals surface area contributed by atoms with Crippen LogP contribution < -0.4 is 11.4 Å². The lowest BCUT2D eigenvalue weighted by atomic mass is 10.3. The van der Waals surface area contributed by atoms with Crippen LogP contribution in [-0.4, -0.2) is 38.1 Å². The predicted octanol–water partition coefficient (Wildman–Crippen LogP) is 2.05. The molecule has 2 aromatic rings. The zero-order chi connectivity index (χ0) is 21.6. The molecule has 0 amide bonds. The highest BCUT2D eigenvalue weighted by Gasteiger charge is 2.38. The van der Waals surface area contributed by atoms with Crippen LogP contribution >= 0.6 is 0 Å². The third kappa shape index (κ3) is 5.94. The summed E-state index contributed by atoms with van der Waals surface area (Å²) >= 11 is 0. The average molecular weight is 416 g/mol. The van der Waals surface area contributed by atoms with Gasteiger partial charge in [-0.05, 0) is 12.1 Å². The van der Waals surface area contributed by atoms with Gasteiger partial charge in [-0.25, -0.2) is 27.6 Å². The van der Waals surface area contributed by atoms with E-state index in [9.17, 15) is 35.5 Å². The Hall–Kier alpha value is -3.16. The smallest absolute Gasteiger partial charge is 0.475 e. The van der Waals surface area contributed by atoms with Gasteiger partial charge in [0.1, 0.15) is 6.33 Å². The number of nitrogens with zero attached hydrogens (tertiary/aromatic N) is 3. The molecule has 0 spiro atoms. The Labute approximate surface area is 151 Å². The van der Waals surface area contributed by atoms with E-state index >= 15 is 0 Å². The third-order valence-electron chi connectivity index (χ3n) is 3.01. The van der Waals surface area contributed by atoms with Gasteiger partial charge in [-0.1, -0.05) is 0 Å². The number of alkyl halides is 3. The summed E-state index contributed by atoms with van der Waals surface area (Å²) in [6, 6.07) is 2.82. The fourth-order valence-electron chi connectivity index (χ4n) is 1.64. The Morgan fingerprint density at radius 1 is 1.18 bits per heavy atom. The molecule has 7 nitrogen and oxygen atoms in total. The van der Waals surface area contributed by atoms with Crippen molar-refractivity contribution in [2.24, 2.45) is 5.73 Å². The van der Waals surface area contributed by atoms with Gasteiger partial charge < -0.3 is 10.8 Å². The number of nitrogens with two attached hydrogens (primary N) is 1. The second-order valence-electron chi connectivity index (χ2n) is 4.91. The fourth-order valence-corrected chi connectivity index (χ4v) is 1.64. The van der Waals surface area contributed by atoms with Crippen molar-refractivity contribution in [2.75, 3.05) is 6.54 Å². The van der Waals surface area contributed by atoms with E-state index < -0.39 is 54.2 Å². The van der Waals surface area contributed by atoms with Crippen molar-refractivity contribution in [1.29, 1.82) is 0 Å². The Kier molecular flexibility index (Phi) is 7.49. The maximum absolute atomic E-state index is 13.1. The molecule has 0 unspecified atom stereocenters. The molecule has 0 fully saturated rings. The van der Waals surface area contributed by atoms with Crippen molar-refractivity contribution < 1.29 is 40.6 Å². The van der Waals surface area contributed by atoms with Gasteiger partial charge in [-0.15, -0.1) is 0 Å². The summed E-state index contributed by atoms with van der Waals surface area (Å²) in [5.41, 5.74) is 3.97. The molecule has 0 aliphatic heterocycles. The maximum Gasteiger partial charge on any atom is 0.490 e. The summed E-state index contributed by atoms with van der Waals surface area (Å²) in [4.78, 5) is 20.9. The van der Waals surface area contributed by atoms with Crippen LogP contribution in [0, 0.1) is 11.6 Å². The molecule has 0 aliphatic carbocycles. The number of carboxylic acid groups (broad SMARTS) is 1. The number of hydrogen-bond acceptors (Lipinski definition) is 4. The molecule has 14 heteroatoms. The molecule has 28 heavy (non-hydrogen) atoms. The SMILES string of the molecule is NCC(Cn1ncn(-c2ccc(F)c(F)c2)c1=O)=C(F)F.O=C(O)C(F)(F)F. The van der Waals surface area contributed by atoms with E-state index in [1.807, 2.05) is 0 Å². The van der Waals surface area contributed by atoms with Gasteiger partial charge in [-0.2, -0.15) is 27.1 Å². The molecule has 154 valence electrons. The molecule has 0 bridgehead atoms. The molecule has 1 heterocycles. The number of carboxylic acids is 1. The molecule has 3 N–H and O–H groups in total. The van der Waals surface area contributed by atoms with Crippen LogP contribution in [0.2, 0.25) is 0 Å². The molecular formula is C14H11F7N4O3. The topological polar surface area (TPSA) is 103 Å². The first kappa shape index (κ1) is 22.9. The molecule has 2 rings (SSSR count). The second kappa shape index (κ2) is 9.16. The lowest BCUT2D eigenvalue weighted by Gasteiger charge is -2.03. The number of benzene rings is 1. The summed E-state index contributed by atoms with van der Waals surface area (Å²) in [7, 11) is 0. The second-order valence-corrected chi connectivity index (χ2v) is 4.91. The number of hydrogen-bond donors (Lipinski definition) is 2. The van der Waals surface area contributed by atoms with Gasteiger partial charge in [0.15, 0.2) is 11.6 Å². The summed E-state index contributed by atoms with van der Waals surface area (Å²) < 4.78 is 84.4. The minimum atomic E-state index is -5.08. The highest BCUT2D eigenvalue weighted by atomic mass is 19.4. The van der Waals surface area contributed by atoms with Gasteiger partial charge in [0, 0.05) is 18.2 Å². The van der Waals surface area contributed by atoms with E-state index in [0.717, 1.165) is 27.7 Å². The summed E-state index contributed by atoms with van der Waals surface area (Å²) in [5.74, 6) is -4.95. The molecule has 0 saturated heterocycles. The van der Waals surface area contributed by atoms with Crippen LogP contribution in [0.1, 0.15) is 0 Å². The molecular weight excluding hydrogens is 405 g/mol. The Bertz CT molecular complexity index is 930. The minimum absolute atomic E-state index is 0.0316. The molecule has 0 radical (unpaired) electrons. The average Bonchev–Trinajstić information content (AvgIpc) is 2.95. The molecule has 0 atom stereocenters.